The SMILES string of the molecule is COC(=O)Nc1cccc(NC(=O)NCc2cnc(C)s2)c1. The molecule has 0 atom stereocenters. The van der Waals surface area contributed by atoms with E-state index in [0.717, 1.165) is 9.88 Å². The Labute approximate surface area is 131 Å². The highest BCUT2D eigenvalue weighted by atomic mass is 32.1. The molecule has 3 amide bonds. The Morgan fingerprint density at radius 3 is 2.64 bits per heavy atom. The summed E-state index contributed by atoms with van der Waals surface area (Å²) in [5.74, 6) is 0. The molecule has 0 bridgehead atoms. The van der Waals surface area contributed by atoms with Crippen LogP contribution in [0.3, 0.4) is 0 Å². The zero-order chi connectivity index (χ0) is 15.9. The fourth-order valence-corrected chi connectivity index (χ4v) is 2.41. The Balaban J connectivity index is 1.88. The van der Waals surface area contributed by atoms with Crippen molar-refractivity contribution in [1.29, 1.82) is 0 Å². The highest BCUT2D eigenvalue weighted by Gasteiger charge is 2.05. The van der Waals surface area contributed by atoms with E-state index in [9.17, 15) is 9.59 Å². The van der Waals surface area contributed by atoms with Crippen molar-refractivity contribution in [3.8, 4) is 0 Å². The lowest BCUT2D eigenvalue weighted by Gasteiger charge is -2.09. The van der Waals surface area contributed by atoms with Crippen LogP contribution in [0.25, 0.3) is 0 Å². The normalized spacial score (nSPS) is 9.91. The van der Waals surface area contributed by atoms with Gasteiger partial charge in [-0.05, 0) is 25.1 Å². The number of methoxy groups -OCH3 is 1. The summed E-state index contributed by atoms with van der Waals surface area (Å²) in [4.78, 5) is 28.1. The number of nitrogens with one attached hydrogen (secondary N) is 3. The van der Waals surface area contributed by atoms with E-state index in [1.807, 2.05) is 6.92 Å². The van der Waals surface area contributed by atoms with Crippen LogP contribution in [0.1, 0.15) is 9.88 Å². The number of aromatic nitrogens is 1. The van der Waals surface area contributed by atoms with Gasteiger partial charge in [0.2, 0.25) is 0 Å². The zero-order valence-electron chi connectivity index (χ0n) is 12.2. The van der Waals surface area contributed by atoms with Gasteiger partial charge in [-0.2, -0.15) is 0 Å². The molecule has 3 N–H and O–H groups in total. The van der Waals surface area contributed by atoms with Gasteiger partial charge in [0.1, 0.15) is 0 Å². The smallest absolute Gasteiger partial charge is 0.411 e. The number of hydrogen-bond donors (Lipinski definition) is 3. The number of urea groups is 1. The highest BCUT2D eigenvalue weighted by Crippen LogP contribution is 2.15. The number of ether oxygens (including phenoxy) is 1. The van der Waals surface area contributed by atoms with Crippen molar-refractivity contribution in [2.75, 3.05) is 17.7 Å². The molecule has 1 aromatic heterocycles. The van der Waals surface area contributed by atoms with Crippen LogP contribution in [0.4, 0.5) is 21.0 Å². The van der Waals surface area contributed by atoms with Crippen molar-refractivity contribution in [3.63, 3.8) is 0 Å². The van der Waals surface area contributed by atoms with E-state index in [2.05, 4.69) is 25.7 Å². The van der Waals surface area contributed by atoms with Crippen molar-refractivity contribution >= 4 is 34.8 Å². The van der Waals surface area contributed by atoms with Gasteiger partial charge in [-0.15, -0.1) is 11.3 Å². The number of amides is 3. The first-order valence-corrected chi connectivity index (χ1v) is 7.29. The number of carbonyl (C=O) groups excluding carboxylic acids is 2. The monoisotopic (exact) mass is 320 g/mol. The van der Waals surface area contributed by atoms with Crippen LogP contribution in [-0.4, -0.2) is 24.2 Å². The fraction of sp³-hybridized carbons (Fsp3) is 0.214. The summed E-state index contributed by atoms with van der Waals surface area (Å²) < 4.78 is 4.51. The standard InChI is InChI=1S/C14H16N4O3S/c1-9-15-7-12(22-9)8-16-13(19)17-10-4-3-5-11(6-10)18-14(20)21-2/h3-7H,8H2,1-2H3,(H,18,20)(H2,16,17,19). The van der Waals surface area contributed by atoms with E-state index in [1.54, 1.807) is 30.5 Å². The largest absolute Gasteiger partial charge is 0.453 e. The predicted octanol–water partition coefficient (Wildman–Crippen LogP) is 2.95. The Bertz CT molecular complexity index is 672. The van der Waals surface area contributed by atoms with E-state index >= 15 is 0 Å². The maximum atomic E-state index is 11.8. The summed E-state index contributed by atoms with van der Waals surface area (Å²) in [6.07, 6.45) is 1.17. The predicted molar refractivity (Wildman–Crippen MR) is 85.2 cm³/mol. The Morgan fingerprint density at radius 2 is 2.00 bits per heavy atom. The Morgan fingerprint density at radius 1 is 1.27 bits per heavy atom. The number of benzene rings is 1. The molecule has 0 aliphatic carbocycles. The summed E-state index contributed by atoms with van der Waals surface area (Å²) >= 11 is 1.53. The molecule has 0 spiro atoms. The molecule has 0 saturated carbocycles. The van der Waals surface area contributed by atoms with Crippen LogP contribution >= 0.6 is 11.3 Å². The lowest BCUT2D eigenvalue weighted by molar-refractivity contribution is 0.187. The molecule has 0 fully saturated rings. The van der Waals surface area contributed by atoms with E-state index in [4.69, 9.17) is 0 Å². The molecule has 116 valence electrons. The highest BCUT2D eigenvalue weighted by molar-refractivity contribution is 7.11. The molecule has 22 heavy (non-hydrogen) atoms. The summed E-state index contributed by atoms with van der Waals surface area (Å²) in [7, 11) is 1.28. The van der Waals surface area contributed by atoms with Gasteiger partial charge in [-0.3, -0.25) is 5.32 Å². The van der Waals surface area contributed by atoms with Gasteiger partial charge in [-0.1, -0.05) is 6.07 Å². The molecule has 0 unspecified atom stereocenters. The number of nitrogens with zero attached hydrogens (tertiary/aromatic N) is 1. The number of rotatable bonds is 4. The van der Waals surface area contributed by atoms with E-state index in [1.165, 1.54) is 18.4 Å². The third-order valence-electron chi connectivity index (χ3n) is 2.64. The minimum Gasteiger partial charge on any atom is -0.453 e. The first kappa shape index (κ1) is 15.8. The van der Waals surface area contributed by atoms with Crippen molar-refractivity contribution in [2.24, 2.45) is 0 Å². The zero-order valence-corrected chi connectivity index (χ0v) is 13.0. The molecule has 1 aromatic carbocycles. The second-order valence-corrected chi connectivity index (χ2v) is 5.67. The molecule has 7 nitrogen and oxygen atoms in total. The topological polar surface area (TPSA) is 92.4 Å². The van der Waals surface area contributed by atoms with E-state index in [0.29, 0.717) is 17.9 Å². The van der Waals surface area contributed by atoms with Gasteiger partial charge >= 0.3 is 12.1 Å². The molecule has 0 saturated heterocycles. The molecule has 0 aliphatic heterocycles. The third kappa shape index (κ3) is 4.74. The average Bonchev–Trinajstić information content (AvgIpc) is 2.91. The maximum Gasteiger partial charge on any atom is 0.411 e. The van der Waals surface area contributed by atoms with Gasteiger partial charge in [-0.25, -0.2) is 14.6 Å². The summed E-state index contributed by atoms with van der Waals surface area (Å²) in [6.45, 7) is 2.32. The van der Waals surface area contributed by atoms with Crippen molar-refractivity contribution < 1.29 is 14.3 Å². The van der Waals surface area contributed by atoms with Crippen LogP contribution in [0.2, 0.25) is 0 Å². The minimum absolute atomic E-state index is 0.332. The molecule has 0 radical (unpaired) electrons. The molecule has 2 aromatic rings. The third-order valence-corrected chi connectivity index (χ3v) is 3.56. The van der Waals surface area contributed by atoms with Crippen molar-refractivity contribution in [3.05, 3.63) is 40.3 Å². The average molecular weight is 320 g/mol. The molecule has 8 heteroatoms. The van der Waals surface area contributed by atoms with Crippen LogP contribution in [0.5, 0.6) is 0 Å². The Kier molecular flexibility index (Phi) is 5.31. The lowest BCUT2D eigenvalue weighted by Crippen LogP contribution is -2.27. The number of hydrogen-bond acceptors (Lipinski definition) is 5. The second kappa shape index (κ2) is 7.41. The first-order valence-electron chi connectivity index (χ1n) is 6.48. The first-order chi connectivity index (χ1) is 10.6. The van der Waals surface area contributed by atoms with Gasteiger partial charge in [0.05, 0.1) is 18.7 Å². The molecular formula is C14H16N4O3S. The van der Waals surface area contributed by atoms with E-state index < -0.39 is 6.09 Å². The molecule has 2 rings (SSSR count). The fourth-order valence-electron chi connectivity index (χ4n) is 1.67. The van der Waals surface area contributed by atoms with Crippen LogP contribution in [-0.2, 0) is 11.3 Å². The molecule has 1 heterocycles. The van der Waals surface area contributed by atoms with Crippen LogP contribution < -0.4 is 16.0 Å². The molecular weight excluding hydrogens is 304 g/mol. The lowest BCUT2D eigenvalue weighted by atomic mass is 10.3. The number of anilines is 2. The molecule has 0 aliphatic rings. The number of carbonyl (C=O) groups is 2. The Hall–Kier alpha value is -2.61. The van der Waals surface area contributed by atoms with E-state index in [-0.39, 0.29) is 6.03 Å². The van der Waals surface area contributed by atoms with Crippen molar-refractivity contribution in [1.82, 2.24) is 10.3 Å². The summed E-state index contributed by atoms with van der Waals surface area (Å²) in [5, 5.41) is 8.92. The van der Waals surface area contributed by atoms with Gasteiger partial charge < -0.3 is 15.4 Å². The number of aryl methyl sites for hydroxylation is 1. The van der Waals surface area contributed by atoms with Crippen LogP contribution in [0, 0.1) is 6.92 Å². The van der Waals surface area contributed by atoms with Gasteiger partial charge in [0.15, 0.2) is 0 Å². The number of thiazole rings is 1. The minimum atomic E-state index is -0.567. The quantitative estimate of drug-likeness (QED) is 0.807. The second-order valence-electron chi connectivity index (χ2n) is 4.35. The van der Waals surface area contributed by atoms with Gasteiger partial charge in [0, 0.05) is 22.4 Å². The van der Waals surface area contributed by atoms with Gasteiger partial charge in [0.25, 0.3) is 0 Å². The van der Waals surface area contributed by atoms with Crippen molar-refractivity contribution in [2.45, 2.75) is 13.5 Å². The maximum absolute atomic E-state index is 11.8. The summed E-state index contributed by atoms with van der Waals surface area (Å²) in [6, 6.07) is 6.43. The summed E-state index contributed by atoms with van der Waals surface area (Å²) in [5.41, 5.74) is 1.09. The van der Waals surface area contributed by atoms with Crippen LogP contribution in [0.15, 0.2) is 30.5 Å².